The minimum atomic E-state index is 0.681. The van der Waals surface area contributed by atoms with Crippen LogP contribution in [0.2, 0.25) is 0 Å². The number of benzene rings is 2. The van der Waals surface area contributed by atoms with E-state index in [0.717, 1.165) is 30.8 Å². The number of nitrogens with zero attached hydrogens (tertiary/aromatic N) is 1. The predicted molar refractivity (Wildman–Crippen MR) is 97.9 cm³/mol. The summed E-state index contributed by atoms with van der Waals surface area (Å²) >= 11 is 5.63. The molecule has 0 bridgehead atoms. The summed E-state index contributed by atoms with van der Waals surface area (Å²) in [4.78, 5) is 2.15. The first kappa shape index (κ1) is 15.6. The third-order valence-corrected chi connectivity index (χ3v) is 4.33. The second-order valence-corrected chi connectivity index (χ2v) is 5.77. The molecule has 0 spiro atoms. The Hall–Kier alpha value is -2.27. The van der Waals surface area contributed by atoms with E-state index in [9.17, 15) is 0 Å². The summed E-state index contributed by atoms with van der Waals surface area (Å²) in [5, 5.41) is 3.98. The van der Waals surface area contributed by atoms with Crippen molar-refractivity contribution < 1.29 is 9.47 Å². The van der Waals surface area contributed by atoms with Gasteiger partial charge in [0.2, 0.25) is 0 Å². The maximum Gasteiger partial charge on any atom is 0.178 e. The van der Waals surface area contributed by atoms with E-state index in [4.69, 9.17) is 21.7 Å². The fraction of sp³-hybridized carbons (Fsp3) is 0.278. The summed E-state index contributed by atoms with van der Waals surface area (Å²) in [6, 6.07) is 14.1. The second kappa shape index (κ2) is 6.87. The van der Waals surface area contributed by atoms with Crippen LogP contribution in [0.5, 0.6) is 11.5 Å². The molecule has 0 saturated heterocycles. The molecule has 1 N–H and O–H groups in total. The number of anilines is 2. The molecule has 2 aromatic rings. The highest BCUT2D eigenvalue weighted by molar-refractivity contribution is 7.80. The van der Waals surface area contributed by atoms with E-state index in [0.29, 0.717) is 10.9 Å². The van der Waals surface area contributed by atoms with Crippen LogP contribution in [0.3, 0.4) is 0 Å². The SMILES string of the molecule is COc1ccc(NC(=S)N2CCCc3ccccc32)c(OC)c1. The molecule has 4 nitrogen and oxygen atoms in total. The van der Waals surface area contributed by atoms with E-state index in [1.807, 2.05) is 24.3 Å². The van der Waals surface area contributed by atoms with Crippen LogP contribution in [0, 0.1) is 0 Å². The molecule has 0 fully saturated rings. The Morgan fingerprint density at radius 2 is 1.96 bits per heavy atom. The number of ether oxygens (including phenoxy) is 2. The zero-order valence-corrected chi connectivity index (χ0v) is 14.2. The van der Waals surface area contributed by atoms with Gasteiger partial charge in [-0.05, 0) is 48.8 Å². The molecule has 23 heavy (non-hydrogen) atoms. The number of para-hydroxylation sites is 1. The maximum absolute atomic E-state index is 5.63. The highest BCUT2D eigenvalue weighted by atomic mass is 32.1. The first-order valence-electron chi connectivity index (χ1n) is 7.61. The van der Waals surface area contributed by atoms with Crippen molar-refractivity contribution in [2.24, 2.45) is 0 Å². The summed E-state index contributed by atoms with van der Waals surface area (Å²) in [5.41, 5.74) is 3.36. The summed E-state index contributed by atoms with van der Waals surface area (Å²) in [5.74, 6) is 1.46. The standard InChI is InChI=1S/C18H20N2O2S/c1-21-14-9-10-15(17(12-14)22-2)19-18(23)20-11-5-7-13-6-3-4-8-16(13)20/h3-4,6,8-10,12H,5,7,11H2,1-2H3,(H,19,23). The lowest BCUT2D eigenvalue weighted by molar-refractivity contribution is 0.395. The fourth-order valence-electron chi connectivity index (χ4n) is 2.83. The molecule has 0 unspecified atom stereocenters. The molecule has 2 aromatic carbocycles. The van der Waals surface area contributed by atoms with E-state index in [-0.39, 0.29) is 0 Å². The maximum atomic E-state index is 5.63. The number of fused-ring (bicyclic) bond motifs is 1. The third-order valence-electron chi connectivity index (χ3n) is 4.01. The third kappa shape index (κ3) is 3.24. The monoisotopic (exact) mass is 328 g/mol. The Labute approximate surface area is 142 Å². The molecular formula is C18H20N2O2S. The molecule has 120 valence electrons. The highest BCUT2D eigenvalue weighted by Crippen LogP contribution is 2.31. The van der Waals surface area contributed by atoms with Crippen LogP contribution in [0.15, 0.2) is 42.5 Å². The van der Waals surface area contributed by atoms with Crippen molar-refractivity contribution >= 4 is 28.7 Å². The largest absolute Gasteiger partial charge is 0.497 e. The quantitative estimate of drug-likeness (QED) is 0.866. The number of methoxy groups -OCH3 is 2. The van der Waals surface area contributed by atoms with Crippen LogP contribution in [0.25, 0.3) is 0 Å². The van der Waals surface area contributed by atoms with Crippen molar-refractivity contribution in [3.8, 4) is 11.5 Å². The molecule has 0 amide bonds. The van der Waals surface area contributed by atoms with Gasteiger partial charge in [0.25, 0.3) is 0 Å². The van der Waals surface area contributed by atoms with Crippen LogP contribution >= 0.6 is 12.2 Å². The lowest BCUT2D eigenvalue weighted by atomic mass is 10.0. The smallest absolute Gasteiger partial charge is 0.178 e. The van der Waals surface area contributed by atoms with E-state index < -0.39 is 0 Å². The molecule has 0 saturated carbocycles. The van der Waals surface area contributed by atoms with Gasteiger partial charge in [-0.2, -0.15) is 0 Å². The van der Waals surface area contributed by atoms with Crippen LogP contribution in [0.4, 0.5) is 11.4 Å². The minimum Gasteiger partial charge on any atom is -0.497 e. The molecule has 0 aliphatic carbocycles. The van der Waals surface area contributed by atoms with Crippen molar-refractivity contribution in [3.05, 3.63) is 48.0 Å². The molecule has 5 heteroatoms. The summed E-state index contributed by atoms with van der Waals surface area (Å²) in [7, 11) is 3.27. The number of hydrogen-bond donors (Lipinski definition) is 1. The molecular weight excluding hydrogens is 308 g/mol. The van der Waals surface area contributed by atoms with Gasteiger partial charge in [0.15, 0.2) is 5.11 Å². The fourth-order valence-corrected chi connectivity index (χ4v) is 3.13. The Kier molecular flexibility index (Phi) is 4.67. The number of rotatable bonds is 3. The van der Waals surface area contributed by atoms with Crippen LogP contribution in [-0.4, -0.2) is 25.9 Å². The van der Waals surface area contributed by atoms with Crippen molar-refractivity contribution in [1.29, 1.82) is 0 Å². The zero-order chi connectivity index (χ0) is 16.2. The van der Waals surface area contributed by atoms with Gasteiger partial charge in [0.1, 0.15) is 11.5 Å². The van der Waals surface area contributed by atoms with Gasteiger partial charge < -0.3 is 19.7 Å². The molecule has 1 aliphatic rings. The summed E-state index contributed by atoms with van der Waals surface area (Å²) in [6.45, 7) is 0.918. The number of nitrogens with one attached hydrogen (secondary N) is 1. The Morgan fingerprint density at radius 3 is 2.74 bits per heavy atom. The predicted octanol–water partition coefficient (Wildman–Crippen LogP) is 3.85. The molecule has 1 heterocycles. The average molecular weight is 328 g/mol. The summed E-state index contributed by atoms with van der Waals surface area (Å²) < 4.78 is 10.7. The van der Waals surface area contributed by atoms with Crippen LogP contribution in [0.1, 0.15) is 12.0 Å². The molecule has 1 aliphatic heterocycles. The van der Waals surface area contributed by atoms with Gasteiger partial charge in [-0.3, -0.25) is 0 Å². The Balaban J connectivity index is 1.83. The number of aryl methyl sites for hydroxylation is 1. The molecule has 0 radical (unpaired) electrons. The molecule has 3 rings (SSSR count). The highest BCUT2D eigenvalue weighted by Gasteiger charge is 2.20. The van der Waals surface area contributed by atoms with Crippen molar-refractivity contribution in [2.75, 3.05) is 31.0 Å². The van der Waals surface area contributed by atoms with E-state index >= 15 is 0 Å². The van der Waals surface area contributed by atoms with Gasteiger partial charge in [0, 0.05) is 18.3 Å². The second-order valence-electron chi connectivity index (χ2n) is 5.38. The first-order chi connectivity index (χ1) is 11.2. The number of thiocarbonyl (C=S) groups is 1. The molecule has 0 aromatic heterocycles. The number of hydrogen-bond acceptors (Lipinski definition) is 3. The first-order valence-corrected chi connectivity index (χ1v) is 8.02. The van der Waals surface area contributed by atoms with Crippen LogP contribution in [-0.2, 0) is 6.42 Å². The topological polar surface area (TPSA) is 33.7 Å². The summed E-state index contributed by atoms with van der Waals surface area (Å²) in [6.07, 6.45) is 2.19. The van der Waals surface area contributed by atoms with Crippen LogP contribution < -0.4 is 19.7 Å². The van der Waals surface area contributed by atoms with Gasteiger partial charge in [-0.15, -0.1) is 0 Å². The van der Waals surface area contributed by atoms with Crippen molar-refractivity contribution in [3.63, 3.8) is 0 Å². The Morgan fingerprint density at radius 1 is 1.13 bits per heavy atom. The Bertz CT molecular complexity index is 718. The van der Waals surface area contributed by atoms with E-state index in [2.05, 4.69) is 28.4 Å². The van der Waals surface area contributed by atoms with E-state index in [1.165, 1.54) is 11.3 Å². The lowest BCUT2D eigenvalue weighted by Crippen LogP contribution is -2.38. The van der Waals surface area contributed by atoms with Crippen molar-refractivity contribution in [1.82, 2.24) is 0 Å². The van der Waals surface area contributed by atoms with Crippen molar-refractivity contribution in [2.45, 2.75) is 12.8 Å². The molecule has 0 atom stereocenters. The van der Waals surface area contributed by atoms with E-state index in [1.54, 1.807) is 14.2 Å². The van der Waals surface area contributed by atoms with Gasteiger partial charge >= 0.3 is 0 Å². The normalized spacial score (nSPS) is 13.2. The lowest BCUT2D eigenvalue weighted by Gasteiger charge is -2.32. The van der Waals surface area contributed by atoms with Gasteiger partial charge in [-0.25, -0.2) is 0 Å². The van der Waals surface area contributed by atoms with Gasteiger partial charge in [-0.1, -0.05) is 18.2 Å². The average Bonchev–Trinajstić information content (AvgIpc) is 2.61. The van der Waals surface area contributed by atoms with Gasteiger partial charge in [0.05, 0.1) is 19.9 Å². The zero-order valence-electron chi connectivity index (χ0n) is 13.3. The minimum absolute atomic E-state index is 0.681.